The summed E-state index contributed by atoms with van der Waals surface area (Å²) in [6, 6.07) is 2.92. The normalized spacial score (nSPS) is 20.2. The zero-order valence-electron chi connectivity index (χ0n) is 10.6. The molecule has 1 saturated heterocycles. The third-order valence-electron chi connectivity index (χ3n) is 3.34. The number of thiocarbonyl (C=S) groups is 1. The van der Waals surface area contributed by atoms with Gasteiger partial charge in [0.05, 0.1) is 11.5 Å². The molecule has 110 valence electrons. The number of aliphatic hydroxyl groups excluding tert-OH is 1. The first-order valence-electron chi connectivity index (χ1n) is 6.10. The Kier molecular flexibility index (Phi) is 4.38. The highest BCUT2D eigenvalue weighted by Crippen LogP contribution is 2.26. The minimum atomic E-state index is -3.78. The van der Waals surface area contributed by atoms with E-state index >= 15 is 0 Å². The fraction of sp³-hybridized carbons (Fsp3) is 0.417. The first kappa shape index (κ1) is 15.3. The second-order valence-corrected chi connectivity index (χ2v) is 6.93. The number of hydrogen-bond donors (Lipinski definition) is 2. The van der Waals surface area contributed by atoms with Crippen molar-refractivity contribution in [3.05, 3.63) is 29.6 Å². The molecule has 0 aliphatic carbocycles. The van der Waals surface area contributed by atoms with E-state index in [9.17, 15) is 17.9 Å². The van der Waals surface area contributed by atoms with Crippen molar-refractivity contribution >= 4 is 27.2 Å². The van der Waals surface area contributed by atoms with Gasteiger partial charge in [-0.05, 0) is 31.0 Å². The first-order chi connectivity index (χ1) is 9.37. The maximum absolute atomic E-state index is 13.5. The van der Waals surface area contributed by atoms with Crippen molar-refractivity contribution in [2.75, 3.05) is 13.2 Å². The van der Waals surface area contributed by atoms with E-state index in [1.807, 2.05) is 0 Å². The molecule has 8 heteroatoms. The molecule has 2 rings (SSSR count). The first-order valence-corrected chi connectivity index (χ1v) is 7.95. The number of nitrogens with two attached hydrogens (primary N) is 1. The number of hydrogen-bond acceptors (Lipinski definition) is 4. The Labute approximate surface area is 122 Å². The van der Waals surface area contributed by atoms with E-state index in [0.717, 1.165) is 12.1 Å². The molecule has 1 heterocycles. The highest BCUT2D eigenvalue weighted by Gasteiger charge is 2.35. The molecule has 0 radical (unpaired) electrons. The molecule has 0 aromatic heterocycles. The maximum Gasteiger partial charge on any atom is 0.243 e. The highest BCUT2D eigenvalue weighted by atomic mass is 32.2. The van der Waals surface area contributed by atoms with Gasteiger partial charge in [0.1, 0.15) is 10.8 Å². The summed E-state index contributed by atoms with van der Waals surface area (Å²) in [6.07, 6.45) is 1.30. The van der Waals surface area contributed by atoms with Crippen molar-refractivity contribution in [3.63, 3.8) is 0 Å². The molecular formula is C12H15FN2O3S2. The Morgan fingerprint density at radius 2 is 2.25 bits per heavy atom. The molecule has 0 bridgehead atoms. The zero-order chi connectivity index (χ0) is 14.9. The van der Waals surface area contributed by atoms with Gasteiger partial charge < -0.3 is 10.8 Å². The molecule has 5 nitrogen and oxygen atoms in total. The van der Waals surface area contributed by atoms with Gasteiger partial charge >= 0.3 is 0 Å². The minimum Gasteiger partial charge on any atom is -0.395 e. The van der Waals surface area contributed by atoms with Crippen LogP contribution in [0.1, 0.15) is 18.4 Å². The van der Waals surface area contributed by atoms with Crippen molar-refractivity contribution in [1.29, 1.82) is 0 Å². The van der Waals surface area contributed by atoms with Crippen molar-refractivity contribution in [2.24, 2.45) is 5.73 Å². The molecule has 0 saturated carbocycles. The number of benzene rings is 1. The summed E-state index contributed by atoms with van der Waals surface area (Å²) in [5, 5.41) is 9.23. The van der Waals surface area contributed by atoms with Gasteiger partial charge in [0.15, 0.2) is 0 Å². The van der Waals surface area contributed by atoms with Crippen molar-refractivity contribution in [3.8, 4) is 0 Å². The highest BCUT2D eigenvalue weighted by molar-refractivity contribution is 7.89. The number of nitrogens with zero attached hydrogens (tertiary/aromatic N) is 1. The summed E-state index contributed by atoms with van der Waals surface area (Å²) in [5.74, 6) is -0.656. The Balaban J connectivity index is 2.44. The Bertz CT molecular complexity index is 634. The molecule has 1 unspecified atom stereocenters. The van der Waals surface area contributed by atoms with Gasteiger partial charge in [-0.25, -0.2) is 12.8 Å². The summed E-state index contributed by atoms with van der Waals surface area (Å²) in [7, 11) is -3.78. The van der Waals surface area contributed by atoms with E-state index < -0.39 is 21.9 Å². The van der Waals surface area contributed by atoms with Gasteiger partial charge in [-0.15, -0.1) is 0 Å². The van der Waals surface area contributed by atoms with E-state index in [2.05, 4.69) is 0 Å². The third-order valence-corrected chi connectivity index (χ3v) is 5.51. The Hall–Kier alpha value is -1.09. The van der Waals surface area contributed by atoms with Crippen molar-refractivity contribution in [2.45, 2.75) is 23.8 Å². The van der Waals surface area contributed by atoms with E-state index in [1.165, 1.54) is 10.4 Å². The molecule has 1 aromatic carbocycles. The predicted octanol–water partition coefficient (Wildman–Crippen LogP) is 0.605. The second kappa shape index (κ2) is 5.72. The Morgan fingerprint density at radius 3 is 2.85 bits per heavy atom. The smallest absolute Gasteiger partial charge is 0.243 e. The largest absolute Gasteiger partial charge is 0.395 e. The molecule has 1 aliphatic rings. The standard InChI is InChI=1S/C12H15FN2O3S2/c13-11-4-3-9(6-10(11)12(14)19)20(17,18)15-5-1-2-8(15)7-16/h3-4,6,8,16H,1-2,5,7H2,(H2,14,19). The summed E-state index contributed by atoms with van der Waals surface area (Å²) >= 11 is 4.70. The van der Waals surface area contributed by atoms with Crippen LogP contribution in [0.2, 0.25) is 0 Å². The lowest BCUT2D eigenvalue weighted by Gasteiger charge is -2.22. The van der Waals surface area contributed by atoms with Gasteiger partial charge in [-0.2, -0.15) is 4.31 Å². The van der Waals surface area contributed by atoms with Crippen LogP contribution in [0.15, 0.2) is 23.1 Å². The molecule has 20 heavy (non-hydrogen) atoms. The molecule has 1 fully saturated rings. The average Bonchev–Trinajstić information content (AvgIpc) is 2.87. The zero-order valence-corrected chi connectivity index (χ0v) is 12.3. The SMILES string of the molecule is NC(=S)c1cc(S(=O)(=O)N2CCCC2CO)ccc1F. The van der Waals surface area contributed by atoms with Crippen LogP contribution in [0.4, 0.5) is 4.39 Å². The predicted molar refractivity (Wildman–Crippen MR) is 76.3 cm³/mol. The van der Waals surface area contributed by atoms with E-state index in [-0.39, 0.29) is 22.1 Å². The molecule has 1 aromatic rings. The average molecular weight is 318 g/mol. The monoisotopic (exact) mass is 318 g/mol. The number of halogens is 1. The maximum atomic E-state index is 13.5. The van der Waals surface area contributed by atoms with Crippen LogP contribution in [0.3, 0.4) is 0 Å². The number of aliphatic hydroxyl groups is 1. The van der Waals surface area contributed by atoms with E-state index in [4.69, 9.17) is 18.0 Å². The fourth-order valence-corrected chi connectivity index (χ4v) is 4.17. The van der Waals surface area contributed by atoms with Crippen LogP contribution in [0.25, 0.3) is 0 Å². The van der Waals surface area contributed by atoms with Gasteiger partial charge in [0.2, 0.25) is 10.0 Å². The molecule has 1 atom stereocenters. The summed E-state index contributed by atoms with van der Waals surface area (Å²) in [5.41, 5.74) is 5.28. The van der Waals surface area contributed by atoms with Crippen LogP contribution in [-0.4, -0.2) is 42.0 Å². The van der Waals surface area contributed by atoms with Crippen molar-refractivity contribution < 1.29 is 17.9 Å². The lowest BCUT2D eigenvalue weighted by molar-refractivity contribution is 0.213. The van der Waals surface area contributed by atoms with Gasteiger partial charge in [0.25, 0.3) is 0 Å². The topological polar surface area (TPSA) is 83.6 Å². The van der Waals surface area contributed by atoms with E-state index in [0.29, 0.717) is 19.4 Å². The molecule has 3 N–H and O–H groups in total. The molecule has 0 amide bonds. The molecule has 0 spiro atoms. The summed E-state index contributed by atoms with van der Waals surface area (Å²) < 4.78 is 39.7. The van der Waals surface area contributed by atoms with Crippen molar-refractivity contribution in [1.82, 2.24) is 4.31 Å². The van der Waals surface area contributed by atoms with Gasteiger partial charge in [-0.1, -0.05) is 12.2 Å². The molecular weight excluding hydrogens is 303 g/mol. The lowest BCUT2D eigenvalue weighted by atomic mass is 10.2. The number of rotatable bonds is 4. The minimum absolute atomic E-state index is 0.0675. The quantitative estimate of drug-likeness (QED) is 0.795. The lowest BCUT2D eigenvalue weighted by Crippen LogP contribution is -2.37. The number of sulfonamides is 1. The summed E-state index contributed by atoms with van der Waals surface area (Å²) in [6.45, 7) is 0.107. The second-order valence-electron chi connectivity index (χ2n) is 4.60. The fourth-order valence-electron chi connectivity index (χ4n) is 2.30. The van der Waals surface area contributed by atoms with Gasteiger partial charge in [0, 0.05) is 18.2 Å². The van der Waals surface area contributed by atoms with Crippen LogP contribution in [0, 0.1) is 5.82 Å². The molecule has 1 aliphatic heterocycles. The van der Waals surface area contributed by atoms with Crippen LogP contribution >= 0.6 is 12.2 Å². The van der Waals surface area contributed by atoms with Crippen LogP contribution in [-0.2, 0) is 10.0 Å². The van der Waals surface area contributed by atoms with Gasteiger partial charge in [-0.3, -0.25) is 0 Å². The Morgan fingerprint density at radius 1 is 1.55 bits per heavy atom. The van der Waals surface area contributed by atoms with Crippen LogP contribution in [0.5, 0.6) is 0 Å². The van der Waals surface area contributed by atoms with E-state index in [1.54, 1.807) is 0 Å². The summed E-state index contributed by atoms with van der Waals surface area (Å²) in [4.78, 5) is -0.262. The third kappa shape index (κ3) is 2.69. The van der Waals surface area contributed by atoms with Crippen LogP contribution < -0.4 is 5.73 Å².